The van der Waals surface area contributed by atoms with Gasteiger partial charge >= 0.3 is 0 Å². The van der Waals surface area contributed by atoms with E-state index in [1.54, 1.807) is 48.4 Å². The third-order valence-corrected chi connectivity index (χ3v) is 10.3. The monoisotopic (exact) mass is 657 g/mol. The largest absolute Gasteiger partial charge is 0.497 e. The fourth-order valence-corrected chi connectivity index (χ4v) is 7.21. The Morgan fingerprint density at radius 1 is 0.830 bits per heavy atom. The van der Waals surface area contributed by atoms with Crippen molar-refractivity contribution >= 4 is 21.8 Å². The second kappa shape index (κ2) is 15.8. The highest BCUT2D eigenvalue weighted by molar-refractivity contribution is 7.89. The third kappa shape index (κ3) is 9.05. The normalized spacial score (nSPS) is 14.0. The minimum atomic E-state index is -3.54. The molecule has 0 radical (unpaired) electrons. The molecule has 47 heavy (non-hydrogen) atoms. The van der Waals surface area contributed by atoms with Gasteiger partial charge in [0.05, 0.1) is 12.0 Å². The number of amides is 2. The number of methoxy groups -OCH3 is 1. The number of benzene rings is 4. The van der Waals surface area contributed by atoms with Crippen molar-refractivity contribution in [2.45, 2.75) is 56.1 Å². The minimum Gasteiger partial charge on any atom is -0.497 e. The van der Waals surface area contributed by atoms with E-state index in [4.69, 9.17) is 4.74 Å². The van der Waals surface area contributed by atoms with Crippen molar-refractivity contribution in [3.05, 3.63) is 131 Å². The van der Waals surface area contributed by atoms with E-state index in [0.29, 0.717) is 30.8 Å². The first kappa shape index (κ1) is 33.8. The average Bonchev–Trinajstić information content (AvgIpc) is 3.66. The fraction of sp³-hybridized carbons (Fsp3) is 0.297. The zero-order valence-corrected chi connectivity index (χ0v) is 27.3. The molecular formula is C37H40FN3O5S. The molecule has 4 aromatic rings. The van der Waals surface area contributed by atoms with E-state index < -0.39 is 16.1 Å². The Labute approximate surface area is 276 Å². The van der Waals surface area contributed by atoms with Gasteiger partial charge in [-0.15, -0.1) is 0 Å². The quantitative estimate of drug-likeness (QED) is 0.193. The average molecular weight is 658 g/mol. The van der Waals surface area contributed by atoms with Crippen LogP contribution in [0.4, 0.5) is 4.39 Å². The van der Waals surface area contributed by atoms with Crippen molar-refractivity contribution in [3.8, 4) is 5.75 Å². The van der Waals surface area contributed by atoms with Gasteiger partial charge in [0.1, 0.15) is 17.6 Å². The molecule has 0 aromatic heterocycles. The van der Waals surface area contributed by atoms with E-state index in [1.807, 2.05) is 54.6 Å². The van der Waals surface area contributed by atoms with E-state index in [9.17, 15) is 22.4 Å². The van der Waals surface area contributed by atoms with Crippen molar-refractivity contribution in [2.75, 3.05) is 20.2 Å². The molecule has 1 saturated heterocycles. The van der Waals surface area contributed by atoms with Crippen LogP contribution in [0, 0.1) is 5.82 Å². The van der Waals surface area contributed by atoms with E-state index in [2.05, 4.69) is 5.32 Å². The molecule has 1 fully saturated rings. The Kier molecular flexibility index (Phi) is 11.4. The topological polar surface area (TPSA) is 96.0 Å². The van der Waals surface area contributed by atoms with Gasteiger partial charge in [0.15, 0.2) is 0 Å². The van der Waals surface area contributed by atoms with Crippen LogP contribution in [0.15, 0.2) is 108 Å². The molecule has 1 aliphatic heterocycles. The summed E-state index contributed by atoms with van der Waals surface area (Å²) >= 11 is 0. The standard InChI is InChI=1S/C37H40FN3O5S/c1-46-33-18-11-30(12-19-33)26-39-37(43)35(25-29-7-3-2-4-8-29)41(27-31-9-16-32(38)17-10-31)36(42)22-15-28-13-20-34(21-14-28)47(44,45)40-23-5-6-24-40/h2-4,7-14,16-21,35H,5-6,15,22-27H2,1H3,(H,39,43)/t35-/m0/s1. The maximum absolute atomic E-state index is 14.0. The number of hydrogen-bond donors (Lipinski definition) is 1. The minimum absolute atomic E-state index is 0.0937. The molecule has 0 unspecified atom stereocenters. The summed E-state index contributed by atoms with van der Waals surface area (Å²) in [6.45, 7) is 1.43. The van der Waals surface area contributed by atoms with Gasteiger partial charge in [-0.2, -0.15) is 4.31 Å². The second-order valence-electron chi connectivity index (χ2n) is 11.7. The molecule has 0 spiro atoms. The van der Waals surface area contributed by atoms with Gasteiger partial charge in [-0.05, 0) is 77.9 Å². The van der Waals surface area contributed by atoms with Crippen LogP contribution in [0.2, 0.25) is 0 Å². The van der Waals surface area contributed by atoms with E-state index >= 15 is 0 Å². The zero-order valence-electron chi connectivity index (χ0n) is 26.5. The SMILES string of the molecule is COc1ccc(CNC(=O)[C@H](Cc2ccccc2)N(Cc2ccc(F)cc2)C(=O)CCc2ccc(S(=O)(=O)N3CCCC3)cc2)cc1. The lowest BCUT2D eigenvalue weighted by molar-refractivity contribution is -0.141. The highest BCUT2D eigenvalue weighted by Gasteiger charge is 2.31. The molecule has 0 aliphatic carbocycles. The Morgan fingerprint density at radius 3 is 2.09 bits per heavy atom. The number of halogens is 1. The number of sulfonamides is 1. The first-order valence-electron chi connectivity index (χ1n) is 15.8. The van der Waals surface area contributed by atoms with Crippen LogP contribution in [0.5, 0.6) is 5.75 Å². The number of hydrogen-bond acceptors (Lipinski definition) is 5. The summed E-state index contributed by atoms with van der Waals surface area (Å²) in [6, 6.07) is 28.6. The maximum atomic E-state index is 14.0. The first-order valence-corrected chi connectivity index (χ1v) is 17.2. The molecule has 0 saturated carbocycles. The smallest absolute Gasteiger partial charge is 0.243 e. The second-order valence-corrected chi connectivity index (χ2v) is 13.6. The van der Waals surface area contributed by atoms with Crippen LogP contribution in [-0.4, -0.2) is 55.7 Å². The highest BCUT2D eigenvalue weighted by Crippen LogP contribution is 2.22. The van der Waals surface area contributed by atoms with Crippen molar-refractivity contribution < 1.29 is 27.1 Å². The number of nitrogens with zero attached hydrogens (tertiary/aromatic N) is 2. The van der Waals surface area contributed by atoms with E-state index in [0.717, 1.165) is 29.5 Å². The van der Waals surface area contributed by atoms with Crippen molar-refractivity contribution in [2.24, 2.45) is 0 Å². The molecule has 4 aromatic carbocycles. The Morgan fingerprint density at radius 2 is 1.45 bits per heavy atom. The number of nitrogens with one attached hydrogen (secondary N) is 1. The zero-order chi connectivity index (χ0) is 33.2. The van der Waals surface area contributed by atoms with Gasteiger partial charge in [-0.25, -0.2) is 12.8 Å². The summed E-state index contributed by atoms with van der Waals surface area (Å²) in [5.74, 6) is -0.235. The molecule has 5 rings (SSSR count). The van der Waals surface area contributed by atoms with Gasteiger partial charge in [0.25, 0.3) is 0 Å². The Bertz CT molecular complexity index is 1730. The van der Waals surface area contributed by atoms with E-state index in [1.165, 1.54) is 16.4 Å². The predicted molar refractivity (Wildman–Crippen MR) is 178 cm³/mol. The molecular weight excluding hydrogens is 617 g/mol. The summed E-state index contributed by atoms with van der Waals surface area (Å²) in [7, 11) is -1.95. The highest BCUT2D eigenvalue weighted by atomic mass is 32.2. The Hall–Kier alpha value is -4.54. The van der Waals surface area contributed by atoms with Gasteiger partial charge in [-0.3, -0.25) is 9.59 Å². The van der Waals surface area contributed by atoms with Crippen LogP contribution in [-0.2, 0) is 45.5 Å². The summed E-state index contributed by atoms with van der Waals surface area (Å²) in [5, 5.41) is 3.01. The lowest BCUT2D eigenvalue weighted by atomic mass is 10.0. The molecule has 1 N–H and O–H groups in total. The van der Waals surface area contributed by atoms with Gasteiger partial charge in [0.2, 0.25) is 21.8 Å². The lowest BCUT2D eigenvalue weighted by Gasteiger charge is -2.32. The Balaban J connectivity index is 1.36. The molecule has 1 aliphatic rings. The summed E-state index contributed by atoms with van der Waals surface area (Å²) < 4.78 is 46.4. The van der Waals surface area contributed by atoms with Crippen molar-refractivity contribution in [1.82, 2.24) is 14.5 Å². The first-order chi connectivity index (χ1) is 22.7. The molecule has 10 heteroatoms. The molecule has 8 nitrogen and oxygen atoms in total. The fourth-order valence-electron chi connectivity index (χ4n) is 5.69. The molecule has 1 atom stereocenters. The van der Waals surface area contributed by atoms with Gasteiger partial charge in [0, 0.05) is 39.0 Å². The number of rotatable bonds is 14. The van der Waals surface area contributed by atoms with Crippen molar-refractivity contribution in [3.63, 3.8) is 0 Å². The van der Waals surface area contributed by atoms with E-state index in [-0.39, 0.29) is 48.5 Å². The van der Waals surface area contributed by atoms with Crippen molar-refractivity contribution in [1.29, 1.82) is 0 Å². The molecule has 1 heterocycles. The number of aryl methyl sites for hydroxylation is 1. The van der Waals surface area contributed by atoms with Crippen LogP contribution >= 0.6 is 0 Å². The summed E-state index contributed by atoms with van der Waals surface area (Å²) in [4.78, 5) is 29.7. The summed E-state index contributed by atoms with van der Waals surface area (Å²) in [5.41, 5.74) is 3.27. The third-order valence-electron chi connectivity index (χ3n) is 8.42. The van der Waals surface area contributed by atoms with Gasteiger partial charge in [-0.1, -0.05) is 66.7 Å². The predicted octanol–water partition coefficient (Wildman–Crippen LogP) is 5.51. The maximum Gasteiger partial charge on any atom is 0.243 e. The van der Waals surface area contributed by atoms with Gasteiger partial charge < -0.3 is 15.0 Å². The molecule has 246 valence electrons. The number of ether oxygens (including phenoxy) is 1. The number of carbonyl (C=O) groups excluding carboxylic acids is 2. The molecule has 0 bridgehead atoms. The van der Waals surface area contributed by atoms with Crippen LogP contribution in [0.1, 0.15) is 41.5 Å². The number of carbonyl (C=O) groups is 2. The van der Waals surface area contributed by atoms with Crippen LogP contribution < -0.4 is 10.1 Å². The molecule has 2 amide bonds. The van der Waals surface area contributed by atoms with Crippen LogP contribution in [0.3, 0.4) is 0 Å². The van der Waals surface area contributed by atoms with Crippen LogP contribution in [0.25, 0.3) is 0 Å². The summed E-state index contributed by atoms with van der Waals surface area (Å²) in [6.07, 6.45) is 2.45. The lowest BCUT2D eigenvalue weighted by Crippen LogP contribution is -2.50.